The third-order valence-corrected chi connectivity index (χ3v) is 8.15. The van der Waals surface area contributed by atoms with E-state index < -0.39 is 59.2 Å². The largest absolute Gasteiger partial charge is 0.394 e. The number of carbonyl (C=O) groups is 7. The number of ketones is 2. The number of allylic oxidation sites excluding steroid dienone is 1. The topological polar surface area (TPSA) is 197 Å². The minimum Gasteiger partial charge on any atom is -0.394 e. The second-order valence-electron chi connectivity index (χ2n) is 11.8. The minimum atomic E-state index is -1.23. The van der Waals surface area contributed by atoms with Crippen molar-refractivity contribution in [3.63, 3.8) is 0 Å². The number of amides is 5. The zero-order chi connectivity index (χ0) is 31.0. The molecule has 4 atom stereocenters. The summed E-state index contributed by atoms with van der Waals surface area (Å²) in [5.41, 5.74) is 5.35. The second-order valence-corrected chi connectivity index (χ2v) is 11.8. The van der Waals surface area contributed by atoms with Crippen LogP contribution in [0.25, 0.3) is 0 Å². The fraction of sp³-hybridized carbons (Fsp3) is 0.690. The molecule has 0 bridgehead atoms. The van der Waals surface area contributed by atoms with Crippen molar-refractivity contribution in [2.24, 2.45) is 17.6 Å². The molecule has 0 aromatic carbocycles. The van der Waals surface area contributed by atoms with Crippen LogP contribution in [0.1, 0.15) is 78.6 Å². The number of piperidine rings is 1. The average molecular weight is 589 g/mol. The highest BCUT2D eigenvalue weighted by molar-refractivity contribution is 6.38. The summed E-state index contributed by atoms with van der Waals surface area (Å²) in [5.74, 6) is -5.03. The van der Waals surface area contributed by atoms with Crippen LogP contribution in [0.2, 0.25) is 0 Å². The van der Waals surface area contributed by atoms with E-state index >= 15 is 0 Å². The lowest BCUT2D eigenvalue weighted by atomic mass is 9.89. The summed E-state index contributed by atoms with van der Waals surface area (Å²) in [6.45, 7) is 5.49. The lowest BCUT2D eigenvalue weighted by Gasteiger charge is -2.32. The Balaban J connectivity index is 1.75. The molecular weight excluding hydrogens is 544 g/mol. The van der Waals surface area contributed by atoms with E-state index in [1.54, 1.807) is 13.8 Å². The Hall–Kier alpha value is -3.77. The highest BCUT2D eigenvalue weighted by atomic mass is 16.2. The van der Waals surface area contributed by atoms with E-state index in [1.165, 1.54) is 11.8 Å². The fourth-order valence-electron chi connectivity index (χ4n) is 5.83. The minimum absolute atomic E-state index is 0.0262. The van der Waals surface area contributed by atoms with Crippen molar-refractivity contribution in [1.82, 2.24) is 26.2 Å². The number of likely N-dealkylation sites (tertiary alicyclic amines) is 1. The highest BCUT2D eigenvalue weighted by Crippen LogP contribution is 2.23. The van der Waals surface area contributed by atoms with E-state index in [4.69, 9.17) is 5.73 Å². The maximum Gasteiger partial charge on any atom is 0.289 e. The Bertz CT molecular complexity index is 1110. The molecule has 1 saturated carbocycles. The van der Waals surface area contributed by atoms with E-state index in [0.717, 1.165) is 38.2 Å². The van der Waals surface area contributed by atoms with Crippen LogP contribution in [0, 0.1) is 11.8 Å². The van der Waals surface area contributed by atoms with Crippen LogP contribution in [-0.2, 0) is 33.6 Å². The number of nitrogens with one attached hydrogen (secondary N) is 4. The van der Waals surface area contributed by atoms with Crippen LogP contribution in [0.5, 0.6) is 0 Å². The summed E-state index contributed by atoms with van der Waals surface area (Å²) in [6, 6.07) is -3.29. The molecule has 0 aromatic rings. The Morgan fingerprint density at radius 3 is 2.29 bits per heavy atom. The Labute approximate surface area is 246 Å². The van der Waals surface area contributed by atoms with Gasteiger partial charge in [-0.05, 0) is 57.8 Å². The SMILES string of the molecule is CC(=O)/C=C(\N)C(=O)NC(C(=O)N1CCC[C@H]1C(=O)N[C@@H](C[C@@H]1CCCNC1=O)C(=O)C(=O)NC1CCCC1)C(C)C. The van der Waals surface area contributed by atoms with Crippen molar-refractivity contribution < 1.29 is 33.6 Å². The van der Waals surface area contributed by atoms with Gasteiger partial charge in [0, 0.05) is 31.1 Å². The molecule has 6 N–H and O–H groups in total. The standard InChI is InChI=1S/C29H44N6O7/c1-16(2)23(34-26(39)20(30)14-17(3)36)29(42)35-13-7-11-22(35)27(40)33-21(15-18-8-6-12-31-25(18)38)24(37)28(41)32-19-9-4-5-10-19/h14,16,18-19,21-23H,4-13,15,30H2,1-3H3,(H,31,38)(H,32,41)(H,33,40)(H,34,39)/b20-14-/t18-,21-,22-,23?/m0/s1. The molecule has 1 aliphatic carbocycles. The second kappa shape index (κ2) is 14.9. The smallest absolute Gasteiger partial charge is 0.289 e. The summed E-state index contributed by atoms with van der Waals surface area (Å²) in [4.78, 5) is 91.0. The van der Waals surface area contributed by atoms with Crippen molar-refractivity contribution in [3.8, 4) is 0 Å². The average Bonchev–Trinajstić information content (AvgIpc) is 3.63. The van der Waals surface area contributed by atoms with Crippen molar-refractivity contribution >= 4 is 41.1 Å². The molecule has 0 spiro atoms. The van der Waals surface area contributed by atoms with Gasteiger partial charge in [0.2, 0.25) is 23.5 Å². The van der Waals surface area contributed by atoms with Crippen molar-refractivity contribution in [2.45, 2.75) is 103 Å². The normalized spacial score (nSPS) is 22.7. The maximum atomic E-state index is 13.6. The van der Waals surface area contributed by atoms with Gasteiger partial charge in [0.1, 0.15) is 17.8 Å². The Kier molecular flexibility index (Phi) is 11.6. The third kappa shape index (κ3) is 8.62. The van der Waals surface area contributed by atoms with Crippen molar-refractivity contribution in [1.29, 1.82) is 0 Å². The maximum absolute atomic E-state index is 13.6. The fourth-order valence-corrected chi connectivity index (χ4v) is 5.83. The molecule has 3 rings (SSSR count). The van der Waals surface area contributed by atoms with Crippen LogP contribution in [-0.4, -0.2) is 83.3 Å². The van der Waals surface area contributed by atoms with E-state index in [9.17, 15) is 33.6 Å². The first-order valence-corrected chi connectivity index (χ1v) is 14.9. The zero-order valence-electron chi connectivity index (χ0n) is 24.7. The predicted octanol–water partition coefficient (Wildman–Crippen LogP) is -0.421. The molecule has 2 aliphatic heterocycles. The van der Waals surface area contributed by atoms with Crippen LogP contribution < -0.4 is 27.0 Å². The first-order valence-electron chi connectivity index (χ1n) is 14.9. The van der Waals surface area contributed by atoms with Gasteiger partial charge in [-0.25, -0.2) is 0 Å². The van der Waals surface area contributed by atoms with Crippen LogP contribution in [0.3, 0.4) is 0 Å². The van der Waals surface area contributed by atoms with Gasteiger partial charge in [0.05, 0.1) is 6.04 Å². The summed E-state index contributed by atoms with van der Waals surface area (Å²) < 4.78 is 0. The number of nitrogens with two attached hydrogens (primary N) is 1. The van der Waals surface area contributed by atoms with Crippen LogP contribution >= 0.6 is 0 Å². The van der Waals surface area contributed by atoms with Crippen LogP contribution in [0.15, 0.2) is 11.8 Å². The molecule has 2 saturated heterocycles. The number of rotatable bonds is 12. The summed E-state index contributed by atoms with van der Waals surface area (Å²) in [6.07, 6.45) is 6.52. The molecule has 13 nitrogen and oxygen atoms in total. The number of hydrogen-bond acceptors (Lipinski definition) is 8. The van der Waals surface area contributed by atoms with Gasteiger partial charge >= 0.3 is 0 Å². The van der Waals surface area contributed by atoms with E-state index in [-0.39, 0.29) is 36.5 Å². The molecule has 42 heavy (non-hydrogen) atoms. The highest BCUT2D eigenvalue weighted by Gasteiger charge is 2.41. The molecule has 0 radical (unpaired) electrons. The van der Waals surface area contributed by atoms with Crippen molar-refractivity contribution in [2.75, 3.05) is 13.1 Å². The molecule has 0 aromatic heterocycles. The molecule has 5 amide bonds. The number of Topliss-reactive ketones (excluding diaryl/α,β-unsaturated/α-hetero) is 1. The summed E-state index contributed by atoms with van der Waals surface area (Å²) >= 11 is 0. The summed E-state index contributed by atoms with van der Waals surface area (Å²) in [7, 11) is 0. The lowest BCUT2D eigenvalue weighted by molar-refractivity contribution is -0.144. The predicted molar refractivity (Wildman–Crippen MR) is 152 cm³/mol. The summed E-state index contributed by atoms with van der Waals surface area (Å²) in [5, 5.41) is 10.8. The molecular formula is C29H44N6O7. The van der Waals surface area contributed by atoms with Gasteiger partial charge < -0.3 is 31.9 Å². The monoisotopic (exact) mass is 588 g/mol. The molecule has 232 valence electrons. The van der Waals surface area contributed by atoms with Gasteiger partial charge in [-0.1, -0.05) is 26.7 Å². The quantitative estimate of drug-likeness (QED) is 0.150. The van der Waals surface area contributed by atoms with Gasteiger partial charge in [-0.3, -0.25) is 33.6 Å². The number of nitrogens with zero attached hydrogens (tertiary/aromatic N) is 1. The van der Waals surface area contributed by atoms with E-state index in [1.807, 2.05) is 0 Å². The molecule has 2 heterocycles. The number of hydrogen-bond donors (Lipinski definition) is 5. The first kappa shape index (κ1) is 32.7. The van der Waals surface area contributed by atoms with Crippen molar-refractivity contribution in [3.05, 3.63) is 11.8 Å². The Morgan fingerprint density at radius 1 is 0.976 bits per heavy atom. The lowest BCUT2D eigenvalue weighted by Crippen LogP contribution is -2.58. The first-order chi connectivity index (χ1) is 19.9. The Morgan fingerprint density at radius 2 is 1.67 bits per heavy atom. The van der Waals surface area contributed by atoms with Gasteiger partial charge in [-0.2, -0.15) is 0 Å². The van der Waals surface area contributed by atoms with E-state index in [0.29, 0.717) is 25.8 Å². The van der Waals surface area contributed by atoms with Gasteiger partial charge in [0.25, 0.3) is 11.8 Å². The van der Waals surface area contributed by atoms with Gasteiger partial charge in [0.15, 0.2) is 5.78 Å². The van der Waals surface area contributed by atoms with Crippen LogP contribution in [0.4, 0.5) is 0 Å². The third-order valence-electron chi connectivity index (χ3n) is 8.15. The molecule has 3 aliphatic rings. The molecule has 13 heteroatoms. The zero-order valence-corrected chi connectivity index (χ0v) is 24.7. The molecule has 3 fully saturated rings. The molecule has 1 unspecified atom stereocenters. The van der Waals surface area contributed by atoms with E-state index in [2.05, 4.69) is 21.3 Å². The number of carbonyl (C=O) groups excluding carboxylic acids is 7. The van der Waals surface area contributed by atoms with Gasteiger partial charge in [-0.15, -0.1) is 0 Å².